The third-order valence-electron chi connectivity index (χ3n) is 6.69. The number of hydrogen-bond donors (Lipinski definition) is 4. The van der Waals surface area contributed by atoms with Crippen LogP contribution in [-0.2, 0) is 12.6 Å². The van der Waals surface area contributed by atoms with E-state index in [1.165, 1.54) is 6.33 Å². The number of aliphatic hydroxyl groups is 2. The third-order valence-corrected chi connectivity index (χ3v) is 6.69. The van der Waals surface area contributed by atoms with Crippen molar-refractivity contribution in [3.8, 4) is 0 Å². The third kappa shape index (κ3) is 3.80. The Labute approximate surface area is 192 Å². The van der Waals surface area contributed by atoms with Crippen molar-refractivity contribution in [2.45, 2.75) is 43.7 Å². The van der Waals surface area contributed by atoms with Crippen LogP contribution in [0.1, 0.15) is 30.0 Å². The average Bonchev–Trinajstić information content (AvgIpc) is 3.33. The second-order valence-corrected chi connectivity index (χ2v) is 8.75. The van der Waals surface area contributed by atoms with Gasteiger partial charge >= 0.3 is 6.18 Å². The number of fused-ring (bicyclic) bond motifs is 2. The SMILES string of the molecule is Nc1nc2cc(CC[C@H]3C[C@@H](n4ccc5c(N)ncnc54)[C@H](O)[C@@H]3O)ccc2cc1C(F)(F)F. The van der Waals surface area contributed by atoms with Crippen LogP contribution < -0.4 is 11.5 Å². The smallest absolute Gasteiger partial charge is 0.390 e. The van der Waals surface area contributed by atoms with Gasteiger partial charge in [-0.3, -0.25) is 0 Å². The predicted molar refractivity (Wildman–Crippen MR) is 121 cm³/mol. The normalized spacial score (nSPS) is 23.2. The molecule has 1 fully saturated rings. The van der Waals surface area contributed by atoms with Crippen LogP contribution in [0.4, 0.5) is 24.8 Å². The van der Waals surface area contributed by atoms with Crippen LogP contribution in [-0.4, -0.2) is 41.9 Å². The van der Waals surface area contributed by atoms with Crippen molar-refractivity contribution in [1.29, 1.82) is 0 Å². The van der Waals surface area contributed by atoms with Crippen LogP contribution in [0, 0.1) is 5.92 Å². The number of nitrogens with zero attached hydrogens (tertiary/aromatic N) is 4. The molecular formula is C23H23F3N6O2. The van der Waals surface area contributed by atoms with Crippen molar-refractivity contribution in [1.82, 2.24) is 19.5 Å². The molecule has 4 aromatic rings. The number of aryl methyl sites for hydroxylation is 1. The van der Waals surface area contributed by atoms with Gasteiger partial charge in [0.25, 0.3) is 0 Å². The molecule has 0 saturated heterocycles. The zero-order valence-electron chi connectivity index (χ0n) is 17.9. The Balaban J connectivity index is 1.33. The minimum Gasteiger partial charge on any atom is -0.390 e. The number of nitrogen functional groups attached to an aromatic ring is 2. The molecule has 1 saturated carbocycles. The largest absolute Gasteiger partial charge is 0.419 e. The van der Waals surface area contributed by atoms with Gasteiger partial charge in [-0.05, 0) is 48.9 Å². The predicted octanol–water partition coefficient (Wildman–Crippen LogP) is 3.08. The summed E-state index contributed by atoms with van der Waals surface area (Å²) in [7, 11) is 0. The molecule has 5 rings (SSSR count). The lowest BCUT2D eigenvalue weighted by molar-refractivity contribution is -0.137. The number of pyridine rings is 1. The molecular weight excluding hydrogens is 449 g/mol. The van der Waals surface area contributed by atoms with E-state index in [1.54, 1.807) is 30.5 Å². The van der Waals surface area contributed by atoms with Crippen LogP contribution in [0.2, 0.25) is 0 Å². The van der Waals surface area contributed by atoms with E-state index in [0.717, 1.165) is 11.6 Å². The second-order valence-electron chi connectivity index (χ2n) is 8.75. The number of rotatable bonds is 4. The fourth-order valence-electron chi connectivity index (χ4n) is 4.88. The van der Waals surface area contributed by atoms with Gasteiger partial charge in [-0.1, -0.05) is 12.1 Å². The van der Waals surface area contributed by atoms with Gasteiger partial charge in [-0.15, -0.1) is 0 Å². The highest BCUT2D eigenvalue weighted by Gasteiger charge is 2.42. The van der Waals surface area contributed by atoms with Crippen LogP contribution >= 0.6 is 0 Å². The first kappa shape index (κ1) is 22.4. The molecule has 4 atom stereocenters. The summed E-state index contributed by atoms with van der Waals surface area (Å²) in [6.45, 7) is 0. The van der Waals surface area contributed by atoms with Crippen molar-refractivity contribution in [2.75, 3.05) is 11.5 Å². The van der Waals surface area contributed by atoms with Gasteiger partial charge in [-0.25, -0.2) is 15.0 Å². The van der Waals surface area contributed by atoms with Crippen molar-refractivity contribution in [3.05, 3.63) is 54.0 Å². The Morgan fingerprint density at radius 3 is 2.59 bits per heavy atom. The van der Waals surface area contributed by atoms with Crippen molar-refractivity contribution in [3.63, 3.8) is 0 Å². The van der Waals surface area contributed by atoms with Gasteiger partial charge in [0.2, 0.25) is 0 Å². The summed E-state index contributed by atoms with van der Waals surface area (Å²) in [5.41, 5.74) is 12.3. The molecule has 178 valence electrons. The number of nitrogens with two attached hydrogens (primary N) is 2. The minimum absolute atomic E-state index is 0.182. The fraction of sp³-hybridized carbons (Fsp3) is 0.348. The number of anilines is 2. The van der Waals surface area contributed by atoms with E-state index in [4.69, 9.17) is 11.5 Å². The molecule has 6 N–H and O–H groups in total. The molecule has 0 unspecified atom stereocenters. The molecule has 3 aromatic heterocycles. The second kappa shape index (κ2) is 8.10. The van der Waals surface area contributed by atoms with Gasteiger partial charge < -0.3 is 26.2 Å². The van der Waals surface area contributed by atoms with Gasteiger partial charge in [0, 0.05) is 11.6 Å². The van der Waals surface area contributed by atoms with Crippen LogP contribution in [0.15, 0.2) is 42.9 Å². The summed E-state index contributed by atoms with van der Waals surface area (Å²) in [6, 6.07) is 7.46. The van der Waals surface area contributed by atoms with Gasteiger partial charge in [0.1, 0.15) is 29.7 Å². The number of benzene rings is 1. The van der Waals surface area contributed by atoms with E-state index in [9.17, 15) is 23.4 Å². The molecule has 1 aliphatic rings. The number of aromatic nitrogens is 4. The highest BCUT2D eigenvalue weighted by atomic mass is 19.4. The maximum atomic E-state index is 13.1. The van der Waals surface area contributed by atoms with Crippen molar-refractivity contribution < 1.29 is 23.4 Å². The Bertz CT molecular complexity index is 1370. The molecule has 11 heteroatoms. The number of aliphatic hydroxyl groups excluding tert-OH is 2. The summed E-state index contributed by atoms with van der Waals surface area (Å²) in [6.07, 6.45) is -1.66. The van der Waals surface area contributed by atoms with E-state index in [2.05, 4.69) is 15.0 Å². The molecule has 34 heavy (non-hydrogen) atoms. The molecule has 1 aromatic carbocycles. The number of halogens is 3. The summed E-state index contributed by atoms with van der Waals surface area (Å²) in [4.78, 5) is 12.2. The summed E-state index contributed by atoms with van der Waals surface area (Å²) in [5.74, 6) is -0.392. The van der Waals surface area contributed by atoms with Crippen LogP contribution in [0.5, 0.6) is 0 Å². The summed E-state index contributed by atoms with van der Waals surface area (Å²) >= 11 is 0. The van der Waals surface area contributed by atoms with Gasteiger partial charge in [0.05, 0.1) is 28.6 Å². The van der Waals surface area contributed by atoms with Gasteiger partial charge in [-0.2, -0.15) is 13.2 Å². The summed E-state index contributed by atoms with van der Waals surface area (Å²) < 4.78 is 41.1. The van der Waals surface area contributed by atoms with E-state index in [1.807, 2.05) is 4.57 Å². The zero-order chi connectivity index (χ0) is 24.2. The standard InChI is InChI=1S/C23H23F3N6O2/c24-23(25,26)15-8-12-3-1-11(7-16(12)31-21(15)28)2-4-13-9-17(19(34)18(13)33)32-6-5-14-20(27)29-10-30-22(14)32/h1,3,5-8,10,13,17-19,33-34H,2,4,9H2,(H2,28,31)(H2,27,29,30)/t13-,17+,18+,19-/m0/s1. The topological polar surface area (TPSA) is 136 Å². The van der Waals surface area contributed by atoms with E-state index in [-0.39, 0.29) is 12.0 Å². The first-order valence-electron chi connectivity index (χ1n) is 10.8. The lowest BCUT2D eigenvalue weighted by Gasteiger charge is -2.19. The monoisotopic (exact) mass is 472 g/mol. The van der Waals surface area contributed by atoms with Crippen LogP contribution in [0.25, 0.3) is 21.9 Å². The molecule has 3 heterocycles. The number of hydrogen-bond acceptors (Lipinski definition) is 7. The number of alkyl halides is 3. The van der Waals surface area contributed by atoms with E-state index in [0.29, 0.717) is 47.0 Å². The van der Waals surface area contributed by atoms with Crippen LogP contribution in [0.3, 0.4) is 0 Å². The van der Waals surface area contributed by atoms with E-state index >= 15 is 0 Å². The highest BCUT2D eigenvalue weighted by molar-refractivity contribution is 5.86. The minimum atomic E-state index is -4.57. The Kier molecular flexibility index (Phi) is 5.33. The lowest BCUT2D eigenvalue weighted by Crippen LogP contribution is -2.29. The molecule has 0 spiro atoms. The van der Waals surface area contributed by atoms with Crippen molar-refractivity contribution >= 4 is 33.6 Å². The lowest BCUT2D eigenvalue weighted by atomic mass is 9.95. The van der Waals surface area contributed by atoms with E-state index < -0.39 is 29.8 Å². The summed E-state index contributed by atoms with van der Waals surface area (Å²) in [5, 5.41) is 22.5. The molecule has 8 nitrogen and oxygen atoms in total. The quantitative estimate of drug-likeness (QED) is 0.358. The first-order chi connectivity index (χ1) is 16.1. The Hall–Kier alpha value is -3.44. The Morgan fingerprint density at radius 2 is 1.82 bits per heavy atom. The highest BCUT2D eigenvalue weighted by Crippen LogP contribution is 2.40. The zero-order valence-corrected chi connectivity index (χ0v) is 17.9. The maximum Gasteiger partial charge on any atom is 0.419 e. The molecule has 0 aliphatic heterocycles. The molecule has 0 radical (unpaired) electrons. The Morgan fingerprint density at radius 1 is 1.03 bits per heavy atom. The van der Waals surface area contributed by atoms with Crippen molar-refractivity contribution in [2.24, 2.45) is 5.92 Å². The maximum absolute atomic E-state index is 13.1. The average molecular weight is 472 g/mol. The molecule has 1 aliphatic carbocycles. The first-order valence-corrected chi connectivity index (χ1v) is 10.8. The molecule has 0 bridgehead atoms. The molecule has 0 amide bonds. The fourth-order valence-corrected chi connectivity index (χ4v) is 4.88. The van der Waals surface area contributed by atoms with Gasteiger partial charge in [0.15, 0.2) is 0 Å².